The first-order valence-corrected chi connectivity index (χ1v) is 9.52. The van der Waals surface area contributed by atoms with Crippen LogP contribution < -0.4 is 10.6 Å². The number of hydrogen-bond acceptors (Lipinski definition) is 3. The van der Waals surface area contributed by atoms with E-state index in [1.807, 2.05) is 7.05 Å². The fourth-order valence-electron chi connectivity index (χ4n) is 3.70. The monoisotopic (exact) mass is 323 g/mol. The molecule has 5 heteroatoms. The van der Waals surface area contributed by atoms with E-state index >= 15 is 0 Å². The van der Waals surface area contributed by atoms with Gasteiger partial charge in [-0.1, -0.05) is 6.92 Å². The van der Waals surface area contributed by atoms with E-state index in [0.29, 0.717) is 0 Å². The van der Waals surface area contributed by atoms with E-state index < -0.39 is 0 Å². The largest absolute Gasteiger partial charge is 0.356 e. The van der Waals surface area contributed by atoms with Gasteiger partial charge in [-0.05, 0) is 77.2 Å². The highest BCUT2D eigenvalue weighted by Crippen LogP contribution is 2.15. The van der Waals surface area contributed by atoms with Gasteiger partial charge in [0, 0.05) is 26.7 Å². The van der Waals surface area contributed by atoms with Crippen molar-refractivity contribution < 1.29 is 0 Å². The molecule has 2 N–H and O–H groups in total. The lowest BCUT2D eigenvalue weighted by Gasteiger charge is -2.30. The van der Waals surface area contributed by atoms with E-state index in [4.69, 9.17) is 0 Å². The Morgan fingerprint density at radius 3 is 2.61 bits per heavy atom. The molecule has 0 aromatic rings. The minimum absolute atomic E-state index is 0.752. The van der Waals surface area contributed by atoms with Gasteiger partial charge in [0.1, 0.15) is 0 Å². The second-order valence-electron chi connectivity index (χ2n) is 7.53. The van der Waals surface area contributed by atoms with Crippen LogP contribution in [0.2, 0.25) is 0 Å². The van der Waals surface area contributed by atoms with Gasteiger partial charge in [-0.25, -0.2) is 0 Å². The summed E-state index contributed by atoms with van der Waals surface area (Å²) >= 11 is 0. The molecule has 0 aromatic heterocycles. The molecule has 0 aliphatic carbocycles. The summed E-state index contributed by atoms with van der Waals surface area (Å²) in [5.74, 6) is 2.64. The van der Waals surface area contributed by atoms with Crippen LogP contribution in [0.5, 0.6) is 0 Å². The van der Waals surface area contributed by atoms with Gasteiger partial charge in [-0.3, -0.25) is 4.99 Å². The van der Waals surface area contributed by atoms with E-state index in [-0.39, 0.29) is 0 Å². The van der Waals surface area contributed by atoms with Crippen LogP contribution in [-0.2, 0) is 0 Å². The second-order valence-corrected chi connectivity index (χ2v) is 7.53. The van der Waals surface area contributed by atoms with Crippen LogP contribution in [0.1, 0.15) is 39.0 Å². The summed E-state index contributed by atoms with van der Waals surface area (Å²) in [5.41, 5.74) is 0. The second kappa shape index (κ2) is 10.1. The van der Waals surface area contributed by atoms with Gasteiger partial charge in [0.25, 0.3) is 0 Å². The summed E-state index contributed by atoms with van der Waals surface area (Å²) in [6.07, 6.45) is 6.59. The van der Waals surface area contributed by atoms with Crippen molar-refractivity contribution in [2.45, 2.75) is 39.0 Å². The average Bonchev–Trinajstić information content (AvgIpc) is 2.56. The molecule has 2 aliphatic rings. The van der Waals surface area contributed by atoms with Crippen molar-refractivity contribution in [2.24, 2.45) is 16.8 Å². The van der Waals surface area contributed by atoms with E-state index in [1.54, 1.807) is 0 Å². The van der Waals surface area contributed by atoms with Crippen LogP contribution >= 0.6 is 0 Å². The topological polar surface area (TPSA) is 42.9 Å². The quantitative estimate of drug-likeness (QED) is 0.443. The van der Waals surface area contributed by atoms with Gasteiger partial charge in [-0.15, -0.1) is 0 Å². The summed E-state index contributed by atoms with van der Waals surface area (Å²) in [7, 11) is 4.09. The number of aliphatic imine (C=N–C) groups is 1. The Bertz CT molecular complexity index is 349. The summed E-state index contributed by atoms with van der Waals surface area (Å²) in [4.78, 5) is 9.40. The summed E-state index contributed by atoms with van der Waals surface area (Å²) in [6, 6.07) is 0. The molecule has 5 nitrogen and oxygen atoms in total. The molecular weight excluding hydrogens is 286 g/mol. The highest BCUT2D eigenvalue weighted by Gasteiger charge is 2.17. The first-order valence-electron chi connectivity index (χ1n) is 9.52. The lowest BCUT2D eigenvalue weighted by atomic mass is 9.99. The fraction of sp³-hybridized carbons (Fsp3) is 0.944. The first kappa shape index (κ1) is 18.5. The number of likely N-dealkylation sites (tertiary alicyclic amines) is 2. The molecule has 0 amide bonds. The standard InChI is InChI=1S/C18H37N5/c1-16-7-12-23(13-8-16)11-5-9-20-18(19-2)21-14-17-6-4-10-22(3)15-17/h16-17H,4-15H2,1-3H3,(H2,19,20,21). The fourth-order valence-corrected chi connectivity index (χ4v) is 3.70. The maximum Gasteiger partial charge on any atom is 0.190 e. The van der Waals surface area contributed by atoms with Crippen molar-refractivity contribution in [1.82, 2.24) is 20.4 Å². The Kier molecular flexibility index (Phi) is 8.17. The molecular formula is C18H37N5. The molecule has 2 aliphatic heterocycles. The van der Waals surface area contributed by atoms with Gasteiger partial charge in [0.15, 0.2) is 5.96 Å². The molecule has 0 spiro atoms. The zero-order chi connectivity index (χ0) is 16.5. The summed E-state index contributed by atoms with van der Waals surface area (Å²) in [5, 5.41) is 6.97. The third kappa shape index (κ3) is 7.08. The van der Waals surface area contributed by atoms with Crippen molar-refractivity contribution >= 4 is 5.96 Å². The molecule has 2 rings (SSSR count). The van der Waals surface area contributed by atoms with Crippen molar-refractivity contribution in [3.63, 3.8) is 0 Å². The molecule has 0 radical (unpaired) electrons. The van der Waals surface area contributed by atoms with Crippen LogP contribution in [0.4, 0.5) is 0 Å². The van der Waals surface area contributed by atoms with E-state index in [9.17, 15) is 0 Å². The number of nitrogens with zero attached hydrogens (tertiary/aromatic N) is 3. The van der Waals surface area contributed by atoms with Gasteiger partial charge >= 0.3 is 0 Å². The van der Waals surface area contributed by atoms with Gasteiger partial charge in [0.05, 0.1) is 0 Å². The lowest BCUT2D eigenvalue weighted by molar-refractivity contribution is 0.191. The number of hydrogen-bond donors (Lipinski definition) is 2. The van der Waals surface area contributed by atoms with E-state index in [1.165, 1.54) is 64.8 Å². The Hall–Kier alpha value is -0.810. The van der Waals surface area contributed by atoms with Crippen LogP contribution in [-0.4, -0.2) is 75.7 Å². The number of rotatable bonds is 6. The number of nitrogens with one attached hydrogen (secondary N) is 2. The van der Waals surface area contributed by atoms with Crippen molar-refractivity contribution in [3.8, 4) is 0 Å². The van der Waals surface area contributed by atoms with Gasteiger partial charge in [-0.2, -0.15) is 0 Å². The van der Waals surface area contributed by atoms with Crippen molar-refractivity contribution in [1.29, 1.82) is 0 Å². The van der Waals surface area contributed by atoms with Crippen LogP contribution in [0.25, 0.3) is 0 Å². The highest BCUT2D eigenvalue weighted by molar-refractivity contribution is 5.79. The molecule has 0 bridgehead atoms. The molecule has 0 aromatic carbocycles. The Morgan fingerprint density at radius 1 is 1.13 bits per heavy atom. The summed E-state index contributed by atoms with van der Waals surface area (Å²) < 4.78 is 0. The molecule has 2 heterocycles. The third-order valence-corrected chi connectivity index (χ3v) is 5.32. The molecule has 0 saturated carbocycles. The van der Waals surface area contributed by atoms with E-state index in [2.05, 4.69) is 39.4 Å². The average molecular weight is 324 g/mol. The molecule has 23 heavy (non-hydrogen) atoms. The molecule has 1 unspecified atom stereocenters. The Morgan fingerprint density at radius 2 is 1.91 bits per heavy atom. The zero-order valence-corrected chi connectivity index (χ0v) is 15.5. The molecule has 134 valence electrons. The first-order chi connectivity index (χ1) is 11.2. The van der Waals surface area contributed by atoms with Crippen LogP contribution in [0.3, 0.4) is 0 Å². The van der Waals surface area contributed by atoms with Crippen molar-refractivity contribution in [2.75, 3.05) is 59.9 Å². The zero-order valence-electron chi connectivity index (χ0n) is 15.5. The maximum absolute atomic E-state index is 4.35. The number of guanidine groups is 1. The maximum atomic E-state index is 4.35. The predicted molar refractivity (Wildman–Crippen MR) is 99.0 cm³/mol. The van der Waals surface area contributed by atoms with Crippen LogP contribution in [0.15, 0.2) is 4.99 Å². The van der Waals surface area contributed by atoms with Gasteiger partial charge in [0.2, 0.25) is 0 Å². The minimum Gasteiger partial charge on any atom is -0.356 e. The number of piperidine rings is 2. The highest BCUT2D eigenvalue weighted by atomic mass is 15.2. The molecule has 2 saturated heterocycles. The van der Waals surface area contributed by atoms with Crippen molar-refractivity contribution in [3.05, 3.63) is 0 Å². The summed E-state index contributed by atoms with van der Waals surface area (Å²) in [6.45, 7) is 10.6. The van der Waals surface area contributed by atoms with E-state index in [0.717, 1.165) is 30.9 Å². The Balaban J connectivity index is 1.54. The predicted octanol–water partition coefficient (Wildman–Crippen LogP) is 1.62. The van der Waals surface area contributed by atoms with Gasteiger partial charge < -0.3 is 20.4 Å². The van der Waals surface area contributed by atoms with Crippen LogP contribution in [0, 0.1) is 11.8 Å². The SMILES string of the molecule is CN=C(NCCCN1CCC(C)CC1)NCC1CCCN(C)C1. The molecule has 1 atom stereocenters. The Labute approximate surface area is 142 Å². The third-order valence-electron chi connectivity index (χ3n) is 5.32. The molecule has 2 fully saturated rings. The smallest absolute Gasteiger partial charge is 0.190 e. The lowest BCUT2D eigenvalue weighted by Crippen LogP contribution is -2.44. The minimum atomic E-state index is 0.752. The normalized spacial score (nSPS) is 25.5.